The van der Waals surface area contributed by atoms with Crippen molar-refractivity contribution < 1.29 is 9.57 Å². The number of hydrogen-bond acceptors (Lipinski definition) is 9. The van der Waals surface area contributed by atoms with E-state index in [0.717, 1.165) is 41.1 Å². The van der Waals surface area contributed by atoms with Crippen LogP contribution in [0.15, 0.2) is 41.0 Å². The van der Waals surface area contributed by atoms with Crippen molar-refractivity contribution in [2.45, 2.75) is 13.0 Å². The van der Waals surface area contributed by atoms with Gasteiger partial charge in [0.15, 0.2) is 11.7 Å². The maximum Gasteiger partial charge on any atom is 0.180 e. The zero-order valence-corrected chi connectivity index (χ0v) is 16.3. The quantitative estimate of drug-likeness (QED) is 0.304. The van der Waals surface area contributed by atoms with Crippen LogP contribution in [-0.4, -0.2) is 48.0 Å². The minimum Gasteiger partial charge on any atom is -0.490 e. The molecule has 0 bridgehead atoms. The Balaban J connectivity index is 1.31. The molecule has 3 heterocycles. The Labute approximate surface area is 166 Å². The maximum absolute atomic E-state index is 5.78. The number of thiazole rings is 1. The molecule has 8 nitrogen and oxygen atoms in total. The third-order valence-electron chi connectivity index (χ3n) is 4.40. The fourth-order valence-electron chi connectivity index (χ4n) is 2.78. The van der Waals surface area contributed by atoms with Crippen molar-refractivity contribution >= 4 is 38.8 Å². The molecule has 1 aliphatic rings. The Bertz CT molecular complexity index is 985. The standard InChI is InChI=1S/C19H22N6O2S/c1-12(17-11-28-19(20)24-17)25-27-7-6-26-15-2-3-16-13(8-15)4-5-22-18(16)23-14-9-21-10-14/h2-5,8,11,14,21H,6-7,9-10H2,1H3,(H2,20,24)(H,22,23)/b25-12+. The molecule has 9 heteroatoms. The lowest BCUT2D eigenvalue weighted by Gasteiger charge is -2.28. The molecular formula is C19H22N6O2S. The first kappa shape index (κ1) is 18.5. The minimum atomic E-state index is 0.340. The highest BCUT2D eigenvalue weighted by atomic mass is 32.1. The molecule has 146 valence electrons. The van der Waals surface area contributed by atoms with Gasteiger partial charge in [0.2, 0.25) is 0 Å². The molecule has 2 aromatic heterocycles. The molecule has 1 aromatic carbocycles. The molecule has 28 heavy (non-hydrogen) atoms. The molecule has 1 aliphatic heterocycles. The van der Waals surface area contributed by atoms with Gasteiger partial charge < -0.3 is 25.9 Å². The van der Waals surface area contributed by atoms with E-state index in [1.807, 2.05) is 42.8 Å². The maximum atomic E-state index is 5.78. The summed E-state index contributed by atoms with van der Waals surface area (Å²) >= 11 is 1.38. The summed E-state index contributed by atoms with van der Waals surface area (Å²) in [5.41, 5.74) is 7.04. The van der Waals surface area contributed by atoms with Crippen LogP contribution in [0.3, 0.4) is 0 Å². The number of pyridine rings is 1. The third kappa shape index (κ3) is 4.32. The number of nitrogens with one attached hydrogen (secondary N) is 2. The lowest BCUT2D eigenvalue weighted by molar-refractivity contribution is 0.107. The predicted octanol–water partition coefficient (Wildman–Crippen LogP) is 2.48. The van der Waals surface area contributed by atoms with Crippen molar-refractivity contribution in [1.29, 1.82) is 0 Å². The van der Waals surface area contributed by atoms with Crippen LogP contribution in [0.5, 0.6) is 5.75 Å². The van der Waals surface area contributed by atoms with Crippen LogP contribution in [0.2, 0.25) is 0 Å². The summed E-state index contributed by atoms with van der Waals surface area (Å²) < 4.78 is 5.78. The molecule has 0 radical (unpaired) electrons. The lowest BCUT2D eigenvalue weighted by Crippen LogP contribution is -2.51. The highest BCUT2D eigenvalue weighted by Crippen LogP contribution is 2.26. The number of aromatic nitrogens is 2. The fraction of sp³-hybridized carbons (Fsp3) is 0.316. The molecule has 0 amide bonds. The van der Waals surface area contributed by atoms with Crippen LogP contribution in [0.1, 0.15) is 12.6 Å². The van der Waals surface area contributed by atoms with Crippen LogP contribution in [0.4, 0.5) is 10.9 Å². The van der Waals surface area contributed by atoms with Crippen molar-refractivity contribution in [3.63, 3.8) is 0 Å². The summed E-state index contributed by atoms with van der Waals surface area (Å²) in [5.74, 6) is 1.69. The second-order valence-corrected chi connectivity index (χ2v) is 7.36. The number of oxime groups is 1. The number of nitrogens with zero attached hydrogens (tertiary/aromatic N) is 3. The zero-order valence-electron chi connectivity index (χ0n) is 15.5. The molecule has 0 atom stereocenters. The first-order valence-corrected chi connectivity index (χ1v) is 9.94. The van der Waals surface area contributed by atoms with Crippen LogP contribution in [0.25, 0.3) is 10.8 Å². The molecule has 0 spiro atoms. The van der Waals surface area contributed by atoms with Gasteiger partial charge in [-0.2, -0.15) is 0 Å². The van der Waals surface area contributed by atoms with Gasteiger partial charge in [0.05, 0.1) is 6.04 Å². The van der Waals surface area contributed by atoms with Crippen LogP contribution < -0.4 is 21.1 Å². The summed E-state index contributed by atoms with van der Waals surface area (Å²) in [4.78, 5) is 13.9. The molecule has 1 saturated heterocycles. The van der Waals surface area contributed by atoms with Crippen molar-refractivity contribution in [3.8, 4) is 5.75 Å². The number of benzene rings is 1. The largest absolute Gasteiger partial charge is 0.490 e. The van der Waals surface area contributed by atoms with Gasteiger partial charge in [0.25, 0.3) is 0 Å². The lowest BCUT2D eigenvalue weighted by atomic mass is 10.1. The highest BCUT2D eigenvalue weighted by Gasteiger charge is 2.17. The number of ether oxygens (including phenoxy) is 1. The van der Waals surface area contributed by atoms with E-state index in [-0.39, 0.29) is 0 Å². The van der Waals surface area contributed by atoms with E-state index in [9.17, 15) is 0 Å². The van der Waals surface area contributed by atoms with Gasteiger partial charge in [-0.3, -0.25) is 0 Å². The summed E-state index contributed by atoms with van der Waals surface area (Å²) in [6, 6.07) is 8.41. The van der Waals surface area contributed by atoms with E-state index < -0.39 is 0 Å². The fourth-order valence-corrected chi connectivity index (χ4v) is 3.39. The number of hydrogen-bond donors (Lipinski definition) is 3. The highest BCUT2D eigenvalue weighted by molar-refractivity contribution is 7.13. The molecule has 1 fully saturated rings. The van der Waals surface area contributed by atoms with E-state index in [0.29, 0.717) is 30.1 Å². The smallest absolute Gasteiger partial charge is 0.180 e. The average Bonchev–Trinajstić information content (AvgIpc) is 3.10. The number of nitrogen functional groups attached to an aromatic ring is 1. The predicted molar refractivity (Wildman–Crippen MR) is 112 cm³/mol. The average molecular weight is 398 g/mol. The third-order valence-corrected chi connectivity index (χ3v) is 5.07. The van der Waals surface area contributed by atoms with Crippen LogP contribution in [0, 0.1) is 0 Å². The first-order chi connectivity index (χ1) is 13.7. The SMILES string of the molecule is C/C(=N\OCCOc1ccc2c(NC3CNC3)nccc2c1)c1csc(N)n1. The molecule has 0 saturated carbocycles. The van der Waals surface area contributed by atoms with E-state index in [2.05, 4.69) is 25.8 Å². The van der Waals surface area contributed by atoms with Crippen LogP contribution in [-0.2, 0) is 4.84 Å². The minimum absolute atomic E-state index is 0.340. The number of fused-ring (bicyclic) bond motifs is 1. The Morgan fingerprint density at radius 1 is 1.36 bits per heavy atom. The monoisotopic (exact) mass is 398 g/mol. The number of anilines is 2. The Morgan fingerprint density at radius 2 is 2.25 bits per heavy atom. The Kier molecular flexibility index (Phi) is 5.54. The normalized spacial score (nSPS) is 14.7. The van der Waals surface area contributed by atoms with Gasteiger partial charge in [0, 0.05) is 30.1 Å². The summed E-state index contributed by atoms with van der Waals surface area (Å²) in [6.07, 6.45) is 1.81. The Hall–Kier alpha value is -2.91. The first-order valence-electron chi connectivity index (χ1n) is 9.06. The zero-order chi connectivity index (χ0) is 19.3. The molecular weight excluding hydrogens is 376 g/mol. The topological polar surface area (TPSA) is 107 Å². The molecule has 0 unspecified atom stereocenters. The second-order valence-electron chi connectivity index (χ2n) is 6.47. The number of rotatable bonds is 8. The Morgan fingerprint density at radius 3 is 3.00 bits per heavy atom. The van der Waals surface area contributed by atoms with E-state index >= 15 is 0 Å². The van der Waals surface area contributed by atoms with Crippen LogP contribution >= 0.6 is 11.3 Å². The number of nitrogens with two attached hydrogens (primary N) is 1. The van der Waals surface area contributed by atoms with Crippen molar-refractivity contribution in [2.24, 2.45) is 5.16 Å². The summed E-state index contributed by atoms with van der Waals surface area (Å²) in [5, 5.41) is 15.3. The van der Waals surface area contributed by atoms with Gasteiger partial charge in [0.1, 0.15) is 29.6 Å². The van der Waals surface area contributed by atoms with Gasteiger partial charge in [-0.25, -0.2) is 9.97 Å². The summed E-state index contributed by atoms with van der Waals surface area (Å²) in [6.45, 7) is 4.50. The molecule has 4 rings (SSSR count). The van der Waals surface area contributed by atoms with Crippen molar-refractivity contribution in [3.05, 3.63) is 41.5 Å². The van der Waals surface area contributed by atoms with Gasteiger partial charge in [-0.1, -0.05) is 5.16 Å². The van der Waals surface area contributed by atoms with Gasteiger partial charge in [-0.15, -0.1) is 11.3 Å². The molecule has 0 aliphatic carbocycles. The second kappa shape index (κ2) is 8.41. The van der Waals surface area contributed by atoms with Gasteiger partial charge >= 0.3 is 0 Å². The molecule has 4 N–H and O–H groups in total. The molecule has 3 aromatic rings. The van der Waals surface area contributed by atoms with E-state index in [4.69, 9.17) is 15.3 Å². The van der Waals surface area contributed by atoms with Gasteiger partial charge in [-0.05, 0) is 36.6 Å². The van der Waals surface area contributed by atoms with Crippen molar-refractivity contribution in [2.75, 3.05) is 37.4 Å². The van der Waals surface area contributed by atoms with Crippen molar-refractivity contribution in [1.82, 2.24) is 15.3 Å². The van der Waals surface area contributed by atoms with E-state index in [1.165, 1.54) is 11.3 Å². The summed E-state index contributed by atoms with van der Waals surface area (Å²) in [7, 11) is 0. The van der Waals surface area contributed by atoms with E-state index in [1.54, 1.807) is 0 Å².